The number of fused-ring (bicyclic) bond motifs is 1. The molecule has 3 saturated heterocycles. The third-order valence-electron chi connectivity index (χ3n) is 15.4. The number of nitrogens with one attached hydrogen (secondary N) is 1. The Morgan fingerprint density at radius 2 is 1.55 bits per heavy atom. The van der Waals surface area contributed by atoms with Gasteiger partial charge in [-0.3, -0.25) is 24.8 Å². The summed E-state index contributed by atoms with van der Waals surface area (Å²) >= 11 is 6.25. The standard InChI is InChI=1S/C53H65ClN8O6S/c1-53(2)20-16-40(49(35-53)38-6-8-41(54)9-7-38)37-57-22-24-60(25-23-57)45-4-3-5-46(33-45)68-47-32-39-17-21-61(52(39)55-36-47)69(65,66)48-14-15-50(51(34-48)62(63)64)56-42-10-12-43(13-11-42)58-26-28-59(29-27-58)44-18-30-67-31-19-44/h3-9,14-15,17,21,32-34,36,42-44,56H,10-13,16,18-20,22-31,35,37H2,1-2H3. The lowest BCUT2D eigenvalue weighted by Crippen LogP contribution is -2.54. The minimum absolute atomic E-state index is 0.0664. The van der Waals surface area contributed by atoms with E-state index in [4.69, 9.17) is 21.1 Å². The van der Waals surface area contributed by atoms with E-state index in [9.17, 15) is 18.5 Å². The zero-order chi connectivity index (χ0) is 47.7. The third kappa shape index (κ3) is 10.8. The molecule has 0 amide bonds. The quantitative estimate of drug-likeness (QED) is 0.0888. The number of allylic oxidation sites excluding steroid dienone is 1. The first-order valence-electron chi connectivity index (χ1n) is 24.9. The normalized spacial score (nSPS) is 22.5. The first kappa shape index (κ1) is 47.6. The van der Waals surface area contributed by atoms with Crippen molar-refractivity contribution in [3.05, 3.63) is 118 Å². The topological polar surface area (TPSA) is 139 Å². The molecule has 1 N–H and O–H groups in total. The minimum atomic E-state index is -4.23. The van der Waals surface area contributed by atoms with E-state index in [0.29, 0.717) is 34.7 Å². The van der Waals surface area contributed by atoms with Crippen molar-refractivity contribution in [2.75, 3.05) is 82.3 Å². The molecule has 69 heavy (non-hydrogen) atoms. The van der Waals surface area contributed by atoms with E-state index in [1.54, 1.807) is 17.7 Å². The van der Waals surface area contributed by atoms with Crippen molar-refractivity contribution in [3.8, 4) is 11.5 Å². The van der Waals surface area contributed by atoms with E-state index >= 15 is 0 Å². The Morgan fingerprint density at radius 1 is 0.841 bits per heavy atom. The fourth-order valence-electron chi connectivity index (χ4n) is 11.4. The molecule has 10 rings (SSSR count). The summed E-state index contributed by atoms with van der Waals surface area (Å²) in [5.41, 5.74) is 5.91. The molecule has 0 bridgehead atoms. The lowest BCUT2D eigenvalue weighted by molar-refractivity contribution is -0.384. The number of halogens is 1. The van der Waals surface area contributed by atoms with E-state index < -0.39 is 14.9 Å². The van der Waals surface area contributed by atoms with Gasteiger partial charge in [-0.25, -0.2) is 17.4 Å². The molecule has 16 heteroatoms. The van der Waals surface area contributed by atoms with Gasteiger partial charge in [0.15, 0.2) is 5.65 Å². The van der Waals surface area contributed by atoms with Crippen LogP contribution in [0.5, 0.6) is 11.5 Å². The number of anilines is 2. The fraction of sp³-hybridized carbons (Fsp3) is 0.491. The molecule has 5 aromatic rings. The van der Waals surface area contributed by atoms with Crippen LogP contribution in [-0.4, -0.2) is 127 Å². The van der Waals surface area contributed by atoms with Crippen LogP contribution in [0.2, 0.25) is 5.02 Å². The summed E-state index contributed by atoms with van der Waals surface area (Å²) in [6.07, 6.45) is 12.4. The summed E-state index contributed by atoms with van der Waals surface area (Å²) in [5.74, 6) is 1.12. The molecule has 4 fully saturated rings. The number of pyridine rings is 1. The van der Waals surface area contributed by atoms with Crippen LogP contribution in [0.1, 0.15) is 77.2 Å². The van der Waals surface area contributed by atoms with E-state index in [2.05, 4.69) is 61.9 Å². The van der Waals surface area contributed by atoms with Crippen LogP contribution in [0.25, 0.3) is 16.6 Å². The molecule has 3 aliphatic heterocycles. The summed E-state index contributed by atoms with van der Waals surface area (Å²) in [4.78, 5) is 26.5. The summed E-state index contributed by atoms with van der Waals surface area (Å²) in [6, 6.07) is 25.1. The van der Waals surface area contributed by atoms with Crippen LogP contribution in [0.3, 0.4) is 0 Å². The van der Waals surface area contributed by atoms with Gasteiger partial charge >= 0.3 is 0 Å². The molecule has 2 aliphatic carbocycles. The molecule has 0 unspecified atom stereocenters. The Hall–Kier alpha value is -5.03. The average Bonchev–Trinajstić information content (AvgIpc) is 3.80. The Bertz CT molecular complexity index is 2770. The second-order valence-electron chi connectivity index (χ2n) is 20.5. The van der Waals surface area contributed by atoms with Crippen molar-refractivity contribution < 1.29 is 22.8 Å². The Labute approximate surface area is 411 Å². The van der Waals surface area contributed by atoms with Crippen molar-refractivity contribution in [2.45, 2.75) is 94.7 Å². The molecule has 14 nitrogen and oxygen atoms in total. The lowest BCUT2D eigenvalue weighted by Gasteiger charge is -2.45. The molecule has 5 aliphatic rings. The number of ether oxygens (including phenoxy) is 2. The molecule has 366 valence electrons. The van der Waals surface area contributed by atoms with E-state index in [0.717, 1.165) is 144 Å². The Kier molecular flexibility index (Phi) is 14.1. The first-order chi connectivity index (χ1) is 33.3. The number of nitrogens with zero attached hydrogens (tertiary/aromatic N) is 7. The number of rotatable bonds is 13. The van der Waals surface area contributed by atoms with Crippen molar-refractivity contribution in [2.24, 2.45) is 5.41 Å². The second-order valence-corrected chi connectivity index (χ2v) is 22.7. The Balaban J connectivity index is 0.747. The number of aromatic nitrogens is 2. The summed E-state index contributed by atoms with van der Waals surface area (Å²) in [7, 11) is -4.23. The number of piperazine rings is 2. The minimum Gasteiger partial charge on any atom is -0.456 e. The van der Waals surface area contributed by atoms with Gasteiger partial charge in [-0.1, -0.05) is 49.2 Å². The molecular formula is C53H65ClN8O6S. The predicted octanol–water partition coefficient (Wildman–Crippen LogP) is 9.93. The highest BCUT2D eigenvalue weighted by molar-refractivity contribution is 7.90. The highest BCUT2D eigenvalue weighted by Crippen LogP contribution is 2.44. The number of hydrogen-bond acceptors (Lipinski definition) is 12. The van der Waals surface area contributed by atoms with E-state index in [-0.39, 0.29) is 27.7 Å². The number of benzene rings is 3. The van der Waals surface area contributed by atoms with Crippen LogP contribution >= 0.6 is 11.6 Å². The second kappa shape index (κ2) is 20.4. The molecule has 1 saturated carbocycles. The molecular weight excluding hydrogens is 912 g/mol. The Morgan fingerprint density at radius 3 is 2.26 bits per heavy atom. The monoisotopic (exact) mass is 976 g/mol. The van der Waals surface area contributed by atoms with Gasteiger partial charge in [0.1, 0.15) is 17.2 Å². The van der Waals surface area contributed by atoms with Crippen LogP contribution in [0, 0.1) is 15.5 Å². The van der Waals surface area contributed by atoms with Gasteiger partial charge in [0.25, 0.3) is 15.7 Å². The smallest absolute Gasteiger partial charge is 0.293 e. The number of nitro groups is 1. The molecule has 0 spiro atoms. The highest BCUT2D eigenvalue weighted by atomic mass is 35.5. The molecule has 3 aromatic carbocycles. The maximum atomic E-state index is 14.1. The average molecular weight is 978 g/mol. The van der Waals surface area contributed by atoms with Crippen LogP contribution < -0.4 is 15.0 Å². The van der Waals surface area contributed by atoms with Crippen LogP contribution in [-0.2, 0) is 14.8 Å². The summed E-state index contributed by atoms with van der Waals surface area (Å²) in [6.45, 7) is 15.5. The fourth-order valence-corrected chi connectivity index (χ4v) is 12.8. The van der Waals surface area contributed by atoms with Gasteiger partial charge in [-0.05, 0) is 123 Å². The van der Waals surface area contributed by atoms with E-state index in [1.807, 2.05) is 30.3 Å². The third-order valence-corrected chi connectivity index (χ3v) is 17.3. The zero-order valence-corrected chi connectivity index (χ0v) is 41.5. The van der Waals surface area contributed by atoms with Gasteiger partial charge in [0.05, 0.1) is 16.0 Å². The van der Waals surface area contributed by atoms with Crippen molar-refractivity contribution in [3.63, 3.8) is 0 Å². The SMILES string of the molecule is CC1(C)CCC(CN2CCN(c3cccc(Oc4cnc5c(ccn5S(=O)(=O)c5ccc(NC6CCC(N7CCN(C8CCOCC8)CC7)CC6)c([N+](=O)[O-])c5)c4)c3)CC2)=C(c2ccc(Cl)cc2)C1. The van der Waals surface area contributed by atoms with Gasteiger partial charge in [-0.2, -0.15) is 0 Å². The van der Waals surface area contributed by atoms with Gasteiger partial charge in [0, 0.05) is 125 Å². The molecule has 5 heterocycles. The lowest BCUT2D eigenvalue weighted by atomic mass is 9.72. The van der Waals surface area contributed by atoms with Crippen LogP contribution in [0.4, 0.5) is 17.1 Å². The van der Waals surface area contributed by atoms with Crippen molar-refractivity contribution in [1.82, 2.24) is 23.7 Å². The van der Waals surface area contributed by atoms with Gasteiger partial charge < -0.3 is 19.7 Å². The van der Waals surface area contributed by atoms with Crippen molar-refractivity contribution >= 4 is 55.3 Å². The molecule has 2 aromatic heterocycles. The van der Waals surface area contributed by atoms with Gasteiger partial charge in [0.2, 0.25) is 0 Å². The van der Waals surface area contributed by atoms with E-state index in [1.165, 1.54) is 42.1 Å². The van der Waals surface area contributed by atoms with Crippen molar-refractivity contribution in [1.29, 1.82) is 0 Å². The molecule has 0 atom stereocenters. The zero-order valence-electron chi connectivity index (χ0n) is 39.9. The summed E-state index contributed by atoms with van der Waals surface area (Å²) < 4.78 is 41.1. The summed E-state index contributed by atoms with van der Waals surface area (Å²) in [5, 5.41) is 17.1. The van der Waals surface area contributed by atoms with Gasteiger partial charge in [-0.15, -0.1) is 0 Å². The first-order valence-corrected chi connectivity index (χ1v) is 26.7. The van der Waals surface area contributed by atoms with Crippen LogP contribution in [0.15, 0.2) is 102 Å². The predicted molar refractivity (Wildman–Crippen MR) is 273 cm³/mol. The maximum Gasteiger partial charge on any atom is 0.293 e. The molecule has 0 radical (unpaired) electrons. The maximum absolute atomic E-state index is 14.1. The number of nitro benzene ring substituents is 1. The highest BCUT2D eigenvalue weighted by Gasteiger charge is 2.33. The number of hydrogen-bond donors (Lipinski definition) is 1. The largest absolute Gasteiger partial charge is 0.456 e.